The van der Waals surface area contributed by atoms with Gasteiger partial charge in [-0.3, -0.25) is 10.1 Å². The summed E-state index contributed by atoms with van der Waals surface area (Å²) < 4.78 is 6.33. The molecule has 7 nitrogen and oxygen atoms in total. The van der Waals surface area contributed by atoms with Crippen molar-refractivity contribution in [1.29, 1.82) is 0 Å². The summed E-state index contributed by atoms with van der Waals surface area (Å²) in [5.41, 5.74) is 0.678. The molecule has 2 aromatic rings. The predicted molar refractivity (Wildman–Crippen MR) is 62.7 cm³/mol. The molecule has 1 aromatic carbocycles. The van der Waals surface area contributed by atoms with Crippen LogP contribution in [0.1, 0.15) is 5.56 Å². The molecule has 2 rings (SSSR count). The standard InChI is InChI=1S/C11H11N3O4/c1-18-9-5-12-13(6-9)10-3-2-8(7-15)4-11(10)14(16)17/h2-6,15H,7H2,1H3. The number of rotatable bonds is 4. The Hall–Kier alpha value is -2.41. The number of aromatic nitrogens is 2. The maximum Gasteiger partial charge on any atom is 0.295 e. The average molecular weight is 249 g/mol. The molecule has 1 aromatic heterocycles. The summed E-state index contributed by atoms with van der Waals surface area (Å²) in [6.45, 7) is -0.246. The molecule has 7 heteroatoms. The van der Waals surface area contributed by atoms with Gasteiger partial charge in [-0.15, -0.1) is 0 Å². The molecule has 0 radical (unpaired) electrons. The number of nitro benzene ring substituents is 1. The van der Waals surface area contributed by atoms with Crippen molar-refractivity contribution < 1.29 is 14.8 Å². The lowest BCUT2D eigenvalue weighted by atomic mass is 10.2. The normalized spacial score (nSPS) is 10.3. The van der Waals surface area contributed by atoms with Crippen LogP contribution in [0.25, 0.3) is 5.69 Å². The van der Waals surface area contributed by atoms with Crippen LogP contribution in [0, 0.1) is 10.1 Å². The summed E-state index contributed by atoms with van der Waals surface area (Å²) in [5, 5.41) is 24.0. The van der Waals surface area contributed by atoms with Gasteiger partial charge in [-0.25, -0.2) is 4.68 Å². The molecule has 18 heavy (non-hydrogen) atoms. The molecule has 94 valence electrons. The van der Waals surface area contributed by atoms with Gasteiger partial charge in [0.25, 0.3) is 5.69 Å². The van der Waals surface area contributed by atoms with Crippen LogP contribution in [0.5, 0.6) is 5.75 Å². The molecule has 0 saturated heterocycles. The first-order valence-corrected chi connectivity index (χ1v) is 5.13. The maximum absolute atomic E-state index is 11.0. The van der Waals surface area contributed by atoms with Gasteiger partial charge in [0.15, 0.2) is 5.75 Å². The summed E-state index contributed by atoms with van der Waals surface area (Å²) in [5.74, 6) is 0.510. The van der Waals surface area contributed by atoms with E-state index in [4.69, 9.17) is 9.84 Å². The minimum absolute atomic E-state index is 0.118. The first kappa shape index (κ1) is 12.1. The van der Waals surface area contributed by atoms with Crippen LogP contribution in [0.2, 0.25) is 0 Å². The quantitative estimate of drug-likeness (QED) is 0.651. The number of methoxy groups -OCH3 is 1. The van der Waals surface area contributed by atoms with Crippen molar-refractivity contribution in [2.45, 2.75) is 6.61 Å². The van der Waals surface area contributed by atoms with E-state index < -0.39 is 4.92 Å². The first-order valence-electron chi connectivity index (χ1n) is 5.13. The van der Waals surface area contributed by atoms with Crippen molar-refractivity contribution >= 4 is 5.69 Å². The van der Waals surface area contributed by atoms with Crippen molar-refractivity contribution in [3.05, 3.63) is 46.3 Å². The van der Waals surface area contributed by atoms with Crippen molar-refractivity contribution in [3.8, 4) is 11.4 Å². The van der Waals surface area contributed by atoms with Crippen LogP contribution >= 0.6 is 0 Å². The molecule has 0 unspecified atom stereocenters. The van der Waals surface area contributed by atoms with Crippen LogP contribution in [0.4, 0.5) is 5.69 Å². The predicted octanol–water partition coefficient (Wildman–Crippen LogP) is 1.28. The zero-order chi connectivity index (χ0) is 13.1. The molecular formula is C11H11N3O4. The van der Waals surface area contributed by atoms with Crippen molar-refractivity contribution in [2.24, 2.45) is 0 Å². The third-order valence-corrected chi connectivity index (χ3v) is 2.46. The van der Waals surface area contributed by atoms with Crippen LogP contribution < -0.4 is 4.74 Å². The van der Waals surface area contributed by atoms with Gasteiger partial charge in [-0.2, -0.15) is 5.10 Å². The van der Waals surface area contributed by atoms with Gasteiger partial charge >= 0.3 is 0 Å². The highest BCUT2D eigenvalue weighted by atomic mass is 16.6. The van der Waals surface area contributed by atoms with E-state index in [9.17, 15) is 10.1 Å². The topological polar surface area (TPSA) is 90.4 Å². The summed E-state index contributed by atoms with van der Waals surface area (Å²) >= 11 is 0. The molecule has 0 aliphatic rings. The molecule has 1 heterocycles. The van der Waals surface area contributed by atoms with E-state index in [0.717, 1.165) is 0 Å². The zero-order valence-electron chi connectivity index (χ0n) is 9.61. The molecule has 0 bridgehead atoms. The Morgan fingerprint density at radius 2 is 2.33 bits per heavy atom. The Morgan fingerprint density at radius 1 is 1.56 bits per heavy atom. The lowest BCUT2D eigenvalue weighted by Crippen LogP contribution is -2.01. The Morgan fingerprint density at radius 3 is 2.89 bits per heavy atom. The van der Waals surface area contributed by atoms with Gasteiger partial charge in [0, 0.05) is 6.07 Å². The van der Waals surface area contributed by atoms with Crippen LogP contribution in [-0.2, 0) is 6.61 Å². The van der Waals surface area contributed by atoms with Gasteiger partial charge in [-0.05, 0) is 11.6 Å². The Labute approximate surface area is 102 Å². The van der Waals surface area contributed by atoms with E-state index in [1.165, 1.54) is 30.1 Å². The summed E-state index contributed by atoms with van der Waals surface area (Å²) in [6.07, 6.45) is 3.00. The maximum atomic E-state index is 11.0. The summed E-state index contributed by atoms with van der Waals surface area (Å²) in [4.78, 5) is 10.5. The smallest absolute Gasteiger partial charge is 0.295 e. The van der Waals surface area contributed by atoms with E-state index in [2.05, 4.69) is 5.10 Å². The fourth-order valence-corrected chi connectivity index (χ4v) is 1.55. The highest BCUT2D eigenvalue weighted by Gasteiger charge is 2.17. The molecule has 0 fully saturated rings. The Balaban J connectivity index is 2.52. The van der Waals surface area contributed by atoms with Crippen LogP contribution in [0.15, 0.2) is 30.6 Å². The third kappa shape index (κ3) is 2.16. The highest BCUT2D eigenvalue weighted by Crippen LogP contribution is 2.25. The Bertz CT molecular complexity index is 579. The fourth-order valence-electron chi connectivity index (χ4n) is 1.55. The van der Waals surface area contributed by atoms with E-state index in [1.54, 1.807) is 12.3 Å². The van der Waals surface area contributed by atoms with E-state index in [0.29, 0.717) is 17.0 Å². The van der Waals surface area contributed by atoms with Crippen molar-refractivity contribution in [2.75, 3.05) is 7.11 Å². The number of aliphatic hydroxyl groups excluding tert-OH is 1. The molecular weight excluding hydrogens is 238 g/mol. The number of hydrogen-bond donors (Lipinski definition) is 1. The SMILES string of the molecule is COc1cnn(-c2ccc(CO)cc2[N+](=O)[O-])c1. The van der Waals surface area contributed by atoms with Gasteiger partial charge in [0.05, 0.1) is 31.0 Å². The van der Waals surface area contributed by atoms with E-state index >= 15 is 0 Å². The van der Waals surface area contributed by atoms with Crippen molar-refractivity contribution in [3.63, 3.8) is 0 Å². The molecule has 0 aliphatic carbocycles. The lowest BCUT2D eigenvalue weighted by Gasteiger charge is -2.04. The Kier molecular flexibility index (Phi) is 3.24. The minimum Gasteiger partial charge on any atom is -0.493 e. The lowest BCUT2D eigenvalue weighted by molar-refractivity contribution is -0.384. The molecule has 0 saturated carbocycles. The number of benzene rings is 1. The van der Waals surface area contributed by atoms with Crippen molar-refractivity contribution in [1.82, 2.24) is 9.78 Å². The molecule has 0 atom stereocenters. The monoisotopic (exact) mass is 249 g/mol. The third-order valence-electron chi connectivity index (χ3n) is 2.46. The number of nitro groups is 1. The fraction of sp³-hybridized carbons (Fsp3) is 0.182. The van der Waals surface area contributed by atoms with Gasteiger partial charge in [0.1, 0.15) is 5.69 Å². The van der Waals surface area contributed by atoms with E-state index in [1.807, 2.05) is 0 Å². The molecule has 0 aliphatic heterocycles. The number of ether oxygens (including phenoxy) is 1. The molecule has 0 amide bonds. The number of hydrogen-bond acceptors (Lipinski definition) is 5. The van der Waals surface area contributed by atoms with Crippen LogP contribution in [0.3, 0.4) is 0 Å². The highest BCUT2D eigenvalue weighted by molar-refractivity contribution is 5.54. The minimum atomic E-state index is -0.511. The second kappa shape index (κ2) is 4.84. The largest absolute Gasteiger partial charge is 0.493 e. The summed E-state index contributed by atoms with van der Waals surface area (Å²) in [7, 11) is 1.49. The van der Waals surface area contributed by atoms with Crippen LogP contribution in [-0.4, -0.2) is 26.9 Å². The van der Waals surface area contributed by atoms with Gasteiger partial charge in [0.2, 0.25) is 0 Å². The van der Waals surface area contributed by atoms with Gasteiger partial charge < -0.3 is 9.84 Å². The zero-order valence-corrected chi connectivity index (χ0v) is 9.61. The number of nitrogens with zero attached hydrogens (tertiary/aromatic N) is 3. The molecule has 1 N–H and O–H groups in total. The average Bonchev–Trinajstić information content (AvgIpc) is 2.86. The molecule has 0 spiro atoms. The number of aliphatic hydroxyl groups is 1. The van der Waals surface area contributed by atoms with E-state index in [-0.39, 0.29) is 12.3 Å². The summed E-state index contributed by atoms with van der Waals surface area (Å²) in [6, 6.07) is 4.47. The second-order valence-electron chi connectivity index (χ2n) is 3.56. The second-order valence-corrected chi connectivity index (χ2v) is 3.56. The van der Waals surface area contributed by atoms with Gasteiger partial charge in [-0.1, -0.05) is 6.07 Å². The first-order chi connectivity index (χ1) is 8.65.